The summed E-state index contributed by atoms with van der Waals surface area (Å²) in [5, 5.41) is 16.5. The van der Waals surface area contributed by atoms with E-state index in [1.165, 1.54) is 16.3 Å². The van der Waals surface area contributed by atoms with Gasteiger partial charge in [0.15, 0.2) is 5.16 Å². The molecule has 1 rings (SSSR count). The summed E-state index contributed by atoms with van der Waals surface area (Å²) in [5.41, 5.74) is -0.280. The van der Waals surface area contributed by atoms with E-state index in [4.69, 9.17) is 4.74 Å². The number of carbonyl (C=O) groups is 1. The highest BCUT2D eigenvalue weighted by Crippen LogP contribution is 2.18. The van der Waals surface area contributed by atoms with Crippen molar-refractivity contribution >= 4 is 17.7 Å². The Bertz CT molecular complexity index is 469. The number of nitrogens with zero attached hydrogens (tertiary/aromatic N) is 2. The largest absolute Gasteiger partial charge is 0.466 e. The van der Waals surface area contributed by atoms with E-state index in [0.717, 1.165) is 0 Å². The van der Waals surface area contributed by atoms with Gasteiger partial charge in [0, 0.05) is 11.8 Å². The Morgan fingerprint density at radius 3 is 2.84 bits per heavy atom. The summed E-state index contributed by atoms with van der Waals surface area (Å²) in [6.45, 7) is 5.75. The summed E-state index contributed by atoms with van der Waals surface area (Å²) in [4.78, 5) is 22.7. The predicted octanol–water partition coefficient (Wildman–Crippen LogP) is 0.558. The highest BCUT2D eigenvalue weighted by atomic mass is 32.2. The molecule has 7 nitrogen and oxygen atoms in total. The van der Waals surface area contributed by atoms with E-state index < -0.39 is 12.1 Å². The molecule has 0 saturated carbocycles. The molecule has 19 heavy (non-hydrogen) atoms. The molecule has 0 radical (unpaired) electrons. The fraction of sp³-hybridized carbons (Fsp3) is 0.727. The lowest BCUT2D eigenvalue weighted by Crippen LogP contribution is -2.21. The molecule has 1 aromatic rings. The zero-order valence-electron chi connectivity index (χ0n) is 11.3. The van der Waals surface area contributed by atoms with Gasteiger partial charge in [0.2, 0.25) is 0 Å². The average Bonchev–Trinajstić information content (AvgIpc) is 2.68. The van der Waals surface area contributed by atoms with Gasteiger partial charge >= 0.3 is 11.7 Å². The minimum absolute atomic E-state index is 0.0176. The summed E-state index contributed by atoms with van der Waals surface area (Å²) < 4.78 is 6.25. The van der Waals surface area contributed by atoms with Gasteiger partial charge in [-0.15, -0.1) is 5.10 Å². The SMILES string of the molecule is CCOC(=O)CC(O)CSc1n[nH]c(=O)n1C(C)C. The Hall–Kier alpha value is -1.28. The Morgan fingerprint density at radius 2 is 2.26 bits per heavy atom. The van der Waals surface area contributed by atoms with Gasteiger partial charge in [-0.3, -0.25) is 9.36 Å². The van der Waals surface area contributed by atoms with E-state index in [-0.39, 0.29) is 23.9 Å². The molecule has 108 valence electrons. The molecule has 0 spiro atoms. The maximum Gasteiger partial charge on any atom is 0.344 e. The Morgan fingerprint density at radius 1 is 1.58 bits per heavy atom. The Labute approximate surface area is 115 Å². The molecule has 0 amide bonds. The highest BCUT2D eigenvalue weighted by Gasteiger charge is 2.16. The van der Waals surface area contributed by atoms with E-state index in [9.17, 15) is 14.7 Å². The van der Waals surface area contributed by atoms with Crippen molar-refractivity contribution in [1.82, 2.24) is 14.8 Å². The standard InChI is InChI=1S/C11H19N3O4S/c1-4-18-9(16)5-8(15)6-19-11-13-12-10(17)14(11)7(2)3/h7-8,15H,4-6H2,1-3H3,(H,12,17). The van der Waals surface area contributed by atoms with Gasteiger partial charge in [-0.2, -0.15) is 0 Å². The van der Waals surface area contributed by atoms with Crippen LogP contribution in [0.25, 0.3) is 0 Å². The second-order valence-corrected chi connectivity index (χ2v) is 5.24. The molecule has 0 bridgehead atoms. The lowest BCUT2D eigenvalue weighted by Gasteiger charge is -2.11. The van der Waals surface area contributed by atoms with Crippen LogP contribution in [0.15, 0.2) is 9.95 Å². The number of thioether (sulfide) groups is 1. The van der Waals surface area contributed by atoms with Crippen molar-refractivity contribution < 1.29 is 14.6 Å². The molecule has 0 aliphatic rings. The van der Waals surface area contributed by atoms with Gasteiger partial charge in [-0.1, -0.05) is 11.8 Å². The van der Waals surface area contributed by atoms with Crippen LogP contribution in [0.5, 0.6) is 0 Å². The van der Waals surface area contributed by atoms with Crippen LogP contribution in [0.3, 0.4) is 0 Å². The lowest BCUT2D eigenvalue weighted by atomic mass is 10.3. The number of carbonyl (C=O) groups excluding carboxylic acids is 1. The molecule has 8 heteroatoms. The second-order valence-electron chi connectivity index (χ2n) is 4.25. The molecule has 0 aliphatic heterocycles. The first-order valence-electron chi connectivity index (χ1n) is 6.09. The molecule has 0 aromatic carbocycles. The summed E-state index contributed by atoms with van der Waals surface area (Å²) >= 11 is 1.23. The van der Waals surface area contributed by atoms with Crippen LogP contribution in [0, 0.1) is 0 Å². The van der Waals surface area contributed by atoms with Gasteiger partial charge in [-0.25, -0.2) is 9.89 Å². The normalized spacial score (nSPS) is 12.7. The zero-order valence-corrected chi connectivity index (χ0v) is 12.1. The smallest absolute Gasteiger partial charge is 0.344 e. The number of rotatable bonds is 7. The van der Waals surface area contributed by atoms with Crippen LogP contribution in [-0.2, 0) is 9.53 Å². The number of nitrogens with one attached hydrogen (secondary N) is 1. The molecular weight excluding hydrogens is 270 g/mol. The third kappa shape index (κ3) is 4.71. The molecule has 1 unspecified atom stereocenters. The Balaban J connectivity index is 2.53. The molecule has 0 aliphatic carbocycles. The van der Waals surface area contributed by atoms with E-state index in [2.05, 4.69) is 10.2 Å². The number of H-pyrrole nitrogens is 1. The van der Waals surface area contributed by atoms with Crippen LogP contribution in [-0.4, -0.2) is 44.3 Å². The molecular formula is C11H19N3O4S. The minimum atomic E-state index is -0.823. The van der Waals surface area contributed by atoms with Crippen molar-refractivity contribution in [2.75, 3.05) is 12.4 Å². The van der Waals surface area contributed by atoms with Gasteiger partial charge in [-0.05, 0) is 20.8 Å². The molecule has 1 atom stereocenters. The molecule has 2 N–H and O–H groups in total. The van der Waals surface area contributed by atoms with E-state index >= 15 is 0 Å². The van der Waals surface area contributed by atoms with Crippen LogP contribution in [0.4, 0.5) is 0 Å². The van der Waals surface area contributed by atoms with Crippen molar-refractivity contribution in [2.24, 2.45) is 0 Å². The third-order valence-electron chi connectivity index (χ3n) is 2.30. The lowest BCUT2D eigenvalue weighted by molar-refractivity contribution is -0.144. The number of aromatic nitrogens is 3. The zero-order chi connectivity index (χ0) is 14.4. The summed E-state index contributed by atoms with van der Waals surface area (Å²) in [5.74, 6) is -0.158. The van der Waals surface area contributed by atoms with Crippen LogP contribution < -0.4 is 5.69 Å². The van der Waals surface area contributed by atoms with Gasteiger partial charge in [0.1, 0.15) is 0 Å². The van der Waals surface area contributed by atoms with E-state index in [0.29, 0.717) is 11.8 Å². The highest BCUT2D eigenvalue weighted by molar-refractivity contribution is 7.99. The number of ether oxygens (including phenoxy) is 1. The maximum atomic E-state index is 11.5. The fourth-order valence-corrected chi connectivity index (χ4v) is 2.49. The Kier molecular flexibility index (Phi) is 6.10. The van der Waals surface area contributed by atoms with Crippen LogP contribution in [0.1, 0.15) is 33.2 Å². The third-order valence-corrected chi connectivity index (χ3v) is 3.40. The summed E-state index contributed by atoms with van der Waals surface area (Å²) in [6, 6.07) is -0.0176. The molecule has 0 fully saturated rings. The number of aromatic amines is 1. The molecule has 0 saturated heterocycles. The van der Waals surface area contributed by atoms with Crippen molar-refractivity contribution in [3.05, 3.63) is 10.5 Å². The number of esters is 1. The number of hydrogen-bond donors (Lipinski definition) is 2. The quantitative estimate of drug-likeness (QED) is 0.562. The first kappa shape index (κ1) is 15.8. The second kappa shape index (κ2) is 7.34. The van der Waals surface area contributed by atoms with Crippen LogP contribution in [0.2, 0.25) is 0 Å². The average molecular weight is 289 g/mol. The van der Waals surface area contributed by atoms with Crippen molar-refractivity contribution in [2.45, 2.75) is 44.5 Å². The van der Waals surface area contributed by atoms with Crippen molar-refractivity contribution in [3.63, 3.8) is 0 Å². The number of hydrogen-bond acceptors (Lipinski definition) is 6. The number of aliphatic hydroxyl groups is 1. The first-order valence-corrected chi connectivity index (χ1v) is 7.07. The van der Waals surface area contributed by atoms with Crippen molar-refractivity contribution in [3.8, 4) is 0 Å². The van der Waals surface area contributed by atoms with Crippen molar-refractivity contribution in [1.29, 1.82) is 0 Å². The summed E-state index contributed by atoms with van der Waals surface area (Å²) in [7, 11) is 0. The van der Waals surface area contributed by atoms with Gasteiger partial charge < -0.3 is 9.84 Å². The molecule has 1 heterocycles. The van der Waals surface area contributed by atoms with Gasteiger partial charge in [0.05, 0.1) is 19.1 Å². The fourth-order valence-electron chi connectivity index (χ4n) is 1.49. The first-order chi connectivity index (χ1) is 8.95. The van der Waals surface area contributed by atoms with E-state index in [1.54, 1.807) is 6.92 Å². The van der Waals surface area contributed by atoms with E-state index in [1.807, 2.05) is 13.8 Å². The maximum absolute atomic E-state index is 11.5. The summed E-state index contributed by atoms with van der Waals surface area (Å²) in [6.07, 6.45) is -0.881. The number of aliphatic hydroxyl groups excluding tert-OH is 1. The topological polar surface area (TPSA) is 97.2 Å². The monoisotopic (exact) mass is 289 g/mol. The van der Waals surface area contributed by atoms with Crippen LogP contribution >= 0.6 is 11.8 Å². The molecule has 1 aromatic heterocycles. The van der Waals surface area contributed by atoms with Gasteiger partial charge in [0.25, 0.3) is 0 Å². The predicted molar refractivity (Wildman–Crippen MR) is 71.2 cm³/mol. The minimum Gasteiger partial charge on any atom is -0.466 e.